The van der Waals surface area contributed by atoms with Gasteiger partial charge in [-0.3, -0.25) is 4.98 Å². The van der Waals surface area contributed by atoms with Crippen molar-refractivity contribution in [1.29, 1.82) is 0 Å². The second kappa shape index (κ2) is 5.04. The van der Waals surface area contributed by atoms with Crippen molar-refractivity contribution in [1.82, 2.24) is 15.3 Å². The first kappa shape index (κ1) is 11.6. The van der Waals surface area contributed by atoms with Crippen molar-refractivity contribution in [3.63, 3.8) is 0 Å². The van der Waals surface area contributed by atoms with Gasteiger partial charge in [0.15, 0.2) is 0 Å². The molecule has 18 heavy (non-hydrogen) atoms. The Morgan fingerprint density at radius 2 is 1.94 bits per heavy atom. The number of hydrogen-bond donors (Lipinski definition) is 1. The summed E-state index contributed by atoms with van der Waals surface area (Å²) in [5.74, 6) is 0. The van der Waals surface area contributed by atoms with E-state index in [2.05, 4.69) is 27.1 Å². The molecule has 0 amide bonds. The molecular formula is C13H16N4S. The van der Waals surface area contributed by atoms with Gasteiger partial charge < -0.3 is 10.2 Å². The van der Waals surface area contributed by atoms with Crippen LogP contribution in [0.4, 0.5) is 5.00 Å². The predicted molar refractivity (Wildman–Crippen MR) is 75.2 cm³/mol. The minimum absolute atomic E-state index is 1.06. The van der Waals surface area contributed by atoms with Crippen LogP contribution in [0.25, 0.3) is 10.6 Å². The molecule has 2 aromatic heterocycles. The van der Waals surface area contributed by atoms with Gasteiger partial charge >= 0.3 is 0 Å². The molecule has 0 unspecified atom stereocenters. The van der Waals surface area contributed by atoms with E-state index in [1.165, 1.54) is 5.00 Å². The molecule has 0 atom stereocenters. The van der Waals surface area contributed by atoms with E-state index in [0.717, 1.165) is 42.4 Å². The molecule has 1 N–H and O–H groups in total. The van der Waals surface area contributed by atoms with Crippen LogP contribution in [0.1, 0.15) is 5.69 Å². The Bertz CT molecular complexity index is 517. The van der Waals surface area contributed by atoms with Crippen LogP contribution < -0.4 is 10.2 Å². The van der Waals surface area contributed by atoms with Gasteiger partial charge in [-0.1, -0.05) is 11.3 Å². The molecule has 4 nitrogen and oxygen atoms in total. The highest BCUT2D eigenvalue weighted by molar-refractivity contribution is 7.19. The van der Waals surface area contributed by atoms with Crippen molar-refractivity contribution in [2.45, 2.75) is 6.92 Å². The molecule has 2 aromatic rings. The molecular weight excluding hydrogens is 244 g/mol. The fourth-order valence-corrected chi connectivity index (χ4v) is 3.29. The number of aryl methyl sites for hydroxylation is 1. The number of aromatic nitrogens is 2. The standard InChI is InChI=1S/C13H16N4S/c1-10-13(17-8-6-15-7-9-17)18-12(16-10)11-2-4-14-5-3-11/h2-5,15H,6-9H2,1H3. The minimum atomic E-state index is 1.06. The largest absolute Gasteiger partial charge is 0.359 e. The highest BCUT2D eigenvalue weighted by Crippen LogP contribution is 2.34. The molecule has 94 valence electrons. The van der Waals surface area contributed by atoms with Gasteiger partial charge in [-0.2, -0.15) is 0 Å². The van der Waals surface area contributed by atoms with Crippen LogP contribution in [0.15, 0.2) is 24.5 Å². The van der Waals surface area contributed by atoms with E-state index in [4.69, 9.17) is 0 Å². The van der Waals surface area contributed by atoms with Gasteiger partial charge in [0, 0.05) is 44.1 Å². The van der Waals surface area contributed by atoms with Crippen molar-refractivity contribution in [3.05, 3.63) is 30.2 Å². The number of nitrogens with one attached hydrogen (secondary N) is 1. The van der Waals surface area contributed by atoms with E-state index < -0.39 is 0 Å². The van der Waals surface area contributed by atoms with Crippen LogP contribution in [-0.2, 0) is 0 Å². The van der Waals surface area contributed by atoms with Crippen molar-refractivity contribution in [2.24, 2.45) is 0 Å². The molecule has 0 saturated carbocycles. The molecule has 0 aliphatic carbocycles. The van der Waals surface area contributed by atoms with Crippen molar-refractivity contribution in [3.8, 4) is 10.6 Å². The predicted octanol–water partition coefficient (Wildman–Crippen LogP) is 1.92. The molecule has 0 bridgehead atoms. The van der Waals surface area contributed by atoms with Gasteiger partial charge in [0.2, 0.25) is 0 Å². The van der Waals surface area contributed by atoms with Crippen LogP contribution in [0.2, 0.25) is 0 Å². The zero-order valence-electron chi connectivity index (χ0n) is 10.4. The summed E-state index contributed by atoms with van der Waals surface area (Å²) in [6, 6.07) is 4.03. The molecule has 1 saturated heterocycles. The molecule has 5 heteroatoms. The number of pyridine rings is 1. The lowest BCUT2D eigenvalue weighted by Crippen LogP contribution is -2.43. The van der Waals surface area contributed by atoms with E-state index in [1.807, 2.05) is 24.5 Å². The van der Waals surface area contributed by atoms with Gasteiger partial charge in [-0.05, 0) is 19.1 Å². The number of piperazine rings is 1. The molecule has 0 aromatic carbocycles. The molecule has 0 radical (unpaired) electrons. The quantitative estimate of drug-likeness (QED) is 0.895. The monoisotopic (exact) mass is 260 g/mol. The first-order chi connectivity index (χ1) is 8.84. The topological polar surface area (TPSA) is 41.1 Å². The summed E-state index contributed by atoms with van der Waals surface area (Å²) in [5, 5.41) is 5.77. The Balaban J connectivity index is 1.91. The van der Waals surface area contributed by atoms with Gasteiger partial charge in [0.1, 0.15) is 10.0 Å². The maximum Gasteiger partial charge on any atom is 0.125 e. The smallest absolute Gasteiger partial charge is 0.125 e. The molecule has 3 rings (SSSR count). The molecule has 1 aliphatic heterocycles. The molecule has 0 spiro atoms. The Labute approximate surface area is 111 Å². The third-order valence-corrected chi connectivity index (χ3v) is 4.37. The Hall–Kier alpha value is -1.46. The lowest BCUT2D eigenvalue weighted by molar-refractivity contribution is 0.591. The lowest BCUT2D eigenvalue weighted by Gasteiger charge is -2.28. The summed E-state index contributed by atoms with van der Waals surface area (Å²) >= 11 is 1.78. The second-order valence-electron chi connectivity index (χ2n) is 4.38. The van der Waals surface area contributed by atoms with Gasteiger partial charge in [-0.15, -0.1) is 0 Å². The highest BCUT2D eigenvalue weighted by Gasteiger charge is 2.17. The summed E-state index contributed by atoms with van der Waals surface area (Å²) in [4.78, 5) is 11.2. The average Bonchev–Trinajstić information content (AvgIpc) is 2.83. The van der Waals surface area contributed by atoms with Gasteiger partial charge in [0.05, 0.1) is 5.69 Å². The third kappa shape index (κ3) is 2.23. The number of hydrogen-bond acceptors (Lipinski definition) is 5. The zero-order valence-corrected chi connectivity index (χ0v) is 11.2. The van der Waals surface area contributed by atoms with Crippen molar-refractivity contribution >= 4 is 16.3 Å². The number of rotatable bonds is 2. The second-order valence-corrected chi connectivity index (χ2v) is 5.36. The molecule has 1 aliphatic rings. The fraction of sp³-hybridized carbons (Fsp3) is 0.385. The Morgan fingerprint density at radius 1 is 1.22 bits per heavy atom. The maximum absolute atomic E-state index is 4.68. The first-order valence-electron chi connectivity index (χ1n) is 6.18. The molecule has 3 heterocycles. The van der Waals surface area contributed by atoms with Crippen LogP contribution in [0.3, 0.4) is 0 Å². The van der Waals surface area contributed by atoms with Crippen LogP contribution in [-0.4, -0.2) is 36.1 Å². The van der Waals surface area contributed by atoms with Crippen LogP contribution in [0, 0.1) is 6.92 Å². The van der Waals surface area contributed by atoms with E-state index in [1.54, 1.807) is 11.3 Å². The SMILES string of the molecule is Cc1nc(-c2ccncc2)sc1N1CCNCC1. The average molecular weight is 260 g/mol. The summed E-state index contributed by atoms with van der Waals surface area (Å²) in [6.45, 7) is 6.35. The van der Waals surface area contributed by atoms with E-state index in [-0.39, 0.29) is 0 Å². The van der Waals surface area contributed by atoms with Crippen LogP contribution in [0.5, 0.6) is 0 Å². The van der Waals surface area contributed by atoms with E-state index in [9.17, 15) is 0 Å². The van der Waals surface area contributed by atoms with Gasteiger partial charge in [0.25, 0.3) is 0 Å². The zero-order chi connectivity index (χ0) is 12.4. The van der Waals surface area contributed by atoms with E-state index in [0.29, 0.717) is 0 Å². The first-order valence-corrected chi connectivity index (χ1v) is 7.00. The lowest BCUT2D eigenvalue weighted by atomic mass is 10.3. The molecule has 1 fully saturated rings. The number of anilines is 1. The van der Waals surface area contributed by atoms with Crippen molar-refractivity contribution in [2.75, 3.05) is 31.1 Å². The fourth-order valence-electron chi connectivity index (χ4n) is 2.17. The number of thiazole rings is 1. The summed E-state index contributed by atoms with van der Waals surface area (Å²) in [5.41, 5.74) is 2.29. The third-order valence-electron chi connectivity index (χ3n) is 3.10. The summed E-state index contributed by atoms with van der Waals surface area (Å²) in [7, 11) is 0. The maximum atomic E-state index is 4.68. The summed E-state index contributed by atoms with van der Waals surface area (Å²) in [6.07, 6.45) is 3.63. The van der Waals surface area contributed by atoms with Crippen LogP contribution >= 0.6 is 11.3 Å². The summed E-state index contributed by atoms with van der Waals surface area (Å²) < 4.78 is 0. The number of nitrogens with zero attached hydrogens (tertiary/aromatic N) is 3. The van der Waals surface area contributed by atoms with E-state index >= 15 is 0 Å². The normalized spacial score (nSPS) is 15.9. The highest BCUT2D eigenvalue weighted by atomic mass is 32.1. The minimum Gasteiger partial charge on any atom is -0.359 e. The Morgan fingerprint density at radius 3 is 2.67 bits per heavy atom. The van der Waals surface area contributed by atoms with Gasteiger partial charge in [-0.25, -0.2) is 4.98 Å². The Kier molecular flexibility index (Phi) is 3.25. The van der Waals surface area contributed by atoms with Crippen molar-refractivity contribution < 1.29 is 0 Å².